The zero-order valence-corrected chi connectivity index (χ0v) is 19.1. The Hall–Kier alpha value is -3.93. The molecule has 1 fully saturated rings. The monoisotopic (exact) mass is 442 g/mol. The number of ketones is 1. The van der Waals surface area contributed by atoms with E-state index in [9.17, 15) is 14.7 Å². The number of ether oxygens (including phenoxy) is 1. The molecule has 1 N–H and O–H groups in total. The van der Waals surface area contributed by atoms with Gasteiger partial charge in [-0.05, 0) is 86.3 Å². The number of Topliss-reactive ketones (excluding diaryl/α,β-unsaturated/α-hetero) is 1. The molecule has 1 aliphatic rings. The molecule has 0 spiro atoms. The van der Waals surface area contributed by atoms with E-state index in [0.29, 0.717) is 29.2 Å². The fourth-order valence-electron chi connectivity index (χ4n) is 4.21. The third-order valence-electron chi connectivity index (χ3n) is 6.05. The predicted molar refractivity (Wildman–Crippen MR) is 127 cm³/mol. The number of carbonyl (C=O) groups excluding carboxylic acids is 2. The quantitative estimate of drug-likeness (QED) is 0.341. The maximum absolute atomic E-state index is 13.3. The van der Waals surface area contributed by atoms with Crippen LogP contribution in [0.25, 0.3) is 5.76 Å². The van der Waals surface area contributed by atoms with Gasteiger partial charge in [-0.25, -0.2) is 0 Å². The van der Waals surface area contributed by atoms with E-state index < -0.39 is 17.7 Å². The molecular formula is C27H26N2O4. The highest BCUT2D eigenvalue weighted by molar-refractivity contribution is 6.51. The van der Waals surface area contributed by atoms with Crippen LogP contribution in [0.3, 0.4) is 0 Å². The highest BCUT2D eigenvalue weighted by Gasteiger charge is 2.47. The second kappa shape index (κ2) is 8.90. The summed E-state index contributed by atoms with van der Waals surface area (Å²) >= 11 is 0. The third-order valence-corrected chi connectivity index (χ3v) is 6.05. The summed E-state index contributed by atoms with van der Waals surface area (Å²) in [5, 5.41) is 11.3. The second-order valence-corrected chi connectivity index (χ2v) is 8.08. The van der Waals surface area contributed by atoms with E-state index in [1.165, 1.54) is 4.90 Å². The summed E-state index contributed by atoms with van der Waals surface area (Å²) in [6, 6.07) is 13.6. The van der Waals surface area contributed by atoms with Crippen molar-refractivity contribution in [2.75, 3.05) is 11.5 Å². The van der Waals surface area contributed by atoms with Gasteiger partial charge in [0.15, 0.2) is 0 Å². The summed E-state index contributed by atoms with van der Waals surface area (Å²) in [7, 11) is 0. The number of anilines is 1. The molecule has 0 radical (unpaired) electrons. The molecule has 1 aromatic heterocycles. The highest BCUT2D eigenvalue weighted by atomic mass is 16.5. The molecule has 1 atom stereocenters. The molecule has 6 nitrogen and oxygen atoms in total. The molecule has 0 saturated carbocycles. The van der Waals surface area contributed by atoms with Gasteiger partial charge in [0.25, 0.3) is 11.7 Å². The topological polar surface area (TPSA) is 79.7 Å². The predicted octanol–water partition coefficient (Wildman–Crippen LogP) is 5.03. The average molecular weight is 443 g/mol. The van der Waals surface area contributed by atoms with Crippen molar-refractivity contribution in [2.45, 2.75) is 33.7 Å². The first-order valence-corrected chi connectivity index (χ1v) is 10.9. The fourth-order valence-corrected chi connectivity index (χ4v) is 4.21. The largest absolute Gasteiger partial charge is 0.507 e. The van der Waals surface area contributed by atoms with E-state index in [-0.39, 0.29) is 11.3 Å². The number of rotatable bonds is 5. The molecular weight excluding hydrogens is 416 g/mol. The molecule has 2 heterocycles. The van der Waals surface area contributed by atoms with Crippen molar-refractivity contribution in [3.63, 3.8) is 0 Å². The summed E-state index contributed by atoms with van der Waals surface area (Å²) < 4.78 is 5.59. The van der Waals surface area contributed by atoms with E-state index in [1.807, 2.05) is 45.9 Å². The van der Waals surface area contributed by atoms with Crippen molar-refractivity contribution >= 4 is 23.1 Å². The fraction of sp³-hybridized carbons (Fsp3) is 0.222. The molecule has 3 aromatic rings. The van der Waals surface area contributed by atoms with Crippen molar-refractivity contribution in [3.8, 4) is 5.75 Å². The molecule has 2 aromatic carbocycles. The minimum Gasteiger partial charge on any atom is -0.507 e. The Labute approximate surface area is 193 Å². The molecule has 33 heavy (non-hydrogen) atoms. The van der Waals surface area contributed by atoms with Gasteiger partial charge in [0.05, 0.1) is 18.2 Å². The Kier molecular flexibility index (Phi) is 6.01. The lowest BCUT2D eigenvalue weighted by molar-refractivity contribution is -0.132. The van der Waals surface area contributed by atoms with Gasteiger partial charge in [-0.15, -0.1) is 0 Å². The van der Waals surface area contributed by atoms with E-state index >= 15 is 0 Å². The number of aromatic nitrogens is 1. The number of hydrogen-bond donors (Lipinski definition) is 1. The summed E-state index contributed by atoms with van der Waals surface area (Å²) in [5.41, 5.74) is 4.56. The SMILES string of the molecule is CCOc1ccc(/C(O)=C2\C(=O)C(=O)N(c3cccc(C)c3C)C2c2ccncc2)cc1C. The van der Waals surface area contributed by atoms with E-state index in [1.54, 1.807) is 42.7 Å². The highest BCUT2D eigenvalue weighted by Crippen LogP contribution is 2.43. The van der Waals surface area contributed by atoms with Gasteiger partial charge in [-0.1, -0.05) is 12.1 Å². The lowest BCUT2D eigenvalue weighted by atomic mass is 9.95. The Morgan fingerprint density at radius 3 is 2.42 bits per heavy atom. The molecule has 1 unspecified atom stereocenters. The van der Waals surface area contributed by atoms with Crippen LogP contribution in [0.4, 0.5) is 5.69 Å². The maximum atomic E-state index is 13.3. The molecule has 4 rings (SSSR count). The minimum atomic E-state index is -0.777. The van der Waals surface area contributed by atoms with Gasteiger partial charge >= 0.3 is 0 Å². The number of aliphatic hydroxyl groups excluding tert-OH is 1. The van der Waals surface area contributed by atoms with Crippen molar-refractivity contribution in [2.24, 2.45) is 0 Å². The summed E-state index contributed by atoms with van der Waals surface area (Å²) in [5.74, 6) is -0.902. The molecule has 168 valence electrons. The number of aryl methyl sites for hydroxylation is 2. The first-order valence-electron chi connectivity index (χ1n) is 10.9. The number of pyridine rings is 1. The van der Waals surface area contributed by atoms with Crippen LogP contribution in [0.5, 0.6) is 5.75 Å². The Morgan fingerprint density at radius 1 is 1.03 bits per heavy atom. The zero-order valence-electron chi connectivity index (χ0n) is 19.1. The molecule has 1 aliphatic heterocycles. The van der Waals surface area contributed by atoms with Crippen LogP contribution in [-0.4, -0.2) is 28.4 Å². The van der Waals surface area contributed by atoms with Gasteiger partial charge in [0.1, 0.15) is 11.5 Å². The number of aliphatic hydroxyl groups is 1. The van der Waals surface area contributed by atoms with Crippen LogP contribution >= 0.6 is 0 Å². The summed E-state index contributed by atoms with van der Waals surface area (Å²) in [6.07, 6.45) is 3.22. The van der Waals surface area contributed by atoms with Gasteiger partial charge in [0, 0.05) is 23.6 Å². The van der Waals surface area contributed by atoms with Crippen LogP contribution in [-0.2, 0) is 9.59 Å². The second-order valence-electron chi connectivity index (χ2n) is 8.08. The normalized spacial score (nSPS) is 17.5. The van der Waals surface area contributed by atoms with Gasteiger partial charge in [0.2, 0.25) is 0 Å². The number of benzene rings is 2. The smallest absolute Gasteiger partial charge is 0.300 e. The average Bonchev–Trinajstić information content (AvgIpc) is 3.08. The lowest BCUT2D eigenvalue weighted by Crippen LogP contribution is -2.30. The lowest BCUT2D eigenvalue weighted by Gasteiger charge is -2.27. The van der Waals surface area contributed by atoms with Crippen molar-refractivity contribution in [1.29, 1.82) is 0 Å². The van der Waals surface area contributed by atoms with Gasteiger partial charge in [-0.2, -0.15) is 0 Å². The van der Waals surface area contributed by atoms with Crippen LogP contribution in [0, 0.1) is 20.8 Å². The first-order chi connectivity index (χ1) is 15.8. The van der Waals surface area contributed by atoms with E-state index in [4.69, 9.17) is 4.74 Å². The van der Waals surface area contributed by atoms with Crippen LogP contribution in [0.15, 0.2) is 66.5 Å². The standard InChI is InChI=1S/C27H26N2O4/c1-5-33-22-10-9-20(15-17(22)3)25(30)23-24(19-11-13-28-14-12-19)29(27(32)26(23)31)21-8-6-7-16(2)18(21)4/h6-15,24,30H,5H2,1-4H3/b25-23+. The van der Waals surface area contributed by atoms with Crippen molar-refractivity contribution in [1.82, 2.24) is 4.98 Å². The van der Waals surface area contributed by atoms with Crippen LogP contribution in [0.1, 0.15) is 40.8 Å². The number of carbonyl (C=O) groups is 2. The maximum Gasteiger partial charge on any atom is 0.300 e. The van der Waals surface area contributed by atoms with E-state index in [2.05, 4.69) is 4.98 Å². The molecule has 1 saturated heterocycles. The number of amides is 1. The third kappa shape index (κ3) is 3.89. The van der Waals surface area contributed by atoms with Gasteiger partial charge in [-0.3, -0.25) is 19.5 Å². The minimum absolute atomic E-state index is 0.0515. The Morgan fingerprint density at radius 2 is 1.76 bits per heavy atom. The first kappa shape index (κ1) is 22.3. The van der Waals surface area contributed by atoms with Crippen molar-refractivity contribution in [3.05, 3.63) is 94.3 Å². The zero-order chi connectivity index (χ0) is 23.7. The molecule has 0 bridgehead atoms. The Balaban J connectivity index is 1.93. The Bertz CT molecular complexity index is 1260. The van der Waals surface area contributed by atoms with Crippen LogP contribution < -0.4 is 9.64 Å². The van der Waals surface area contributed by atoms with Crippen molar-refractivity contribution < 1.29 is 19.4 Å². The van der Waals surface area contributed by atoms with Crippen LogP contribution in [0.2, 0.25) is 0 Å². The molecule has 1 amide bonds. The number of hydrogen-bond acceptors (Lipinski definition) is 5. The van der Waals surface area contributed by atoms with Gasteiger partial charge < -0.3 is 9.84 Å². The summed E-state index contributed by atoms with van der Waals surface area (Å²) in [4.78, 5) is 32.1. The molecule has 6 heteroatoms. The van der Waals surface area contributed by atoms with E-state index in [0.717, 1.165) is 16.7 Å². The number of nitrogens with zero attached hydrogens (tertiary/aromatic N) is 2. The molecule has 0 aliphatic carbocycles. The summed E-state index contributed by atoms with van der Waals surface area (Å²) in [6.45, 7) is 8.17.